The lowest BCUT2D eigenvalue weighted by Gasteiger charge is -2.42. The summed E-state index contributed by atoms with van der Waals surface area (Å²) in [7, 11) is 0. The van der Waals surface area contributed by atoms with Crippen molar-refractivity contribution in [2.45, 2.75) is 64.8 Å². The SMILES string of the molecule is CC1(C)CCCCC1C(N)c1ccc2c(c1)CCC2. The van der Waals surface area contributed by atoms with E-state index in [0.717, 1.165) is 0 Å². The first-order chi connectivity index (χ1) is 9.08. The summed E-state index contributed by atoms with van der Waals surface area (Å²) in [5.41, 5.74) is 11.5. The summed E-state index contributed by atoms with van der Waals surface area (Å²) in [5.74, 6) is 0.640. The normalized spacial score (nSPS) is 27.0. The van der Waals surface area contributed by atoms with Crippen LogP contribution in [0.5, 0.6) is 0 Å². The Morgan fingerprint density at radius 1 is 1.11 bits per heavy atom. The van der Waals surface area contributed by atoms with Gasteiger partial charge in [0.1, 0.15) is 0 Å². The first kappa shape index (κ1) is 13.2. The molecule has 19 heavy (non-hydrogen) atoms. The van der Waals surface area contributed by atoms with Crippen molar-refractivity contribution < 1.29 is 0 Å². The molecule has 1 saturated carbocycles. The summed E-state index contributed by atoms with van der Waals surface area (Å²) in [6.45, 7) is 4.81. The van der Waals surface area contributed by atoms with Gasteiger partial charge in [-0.1, -0.05) is 44.9 Å². The maximum Gasteiger partial charge on any atom is 0.0328 e. The first-order valence-corrected chi connectivity index (χ1v) is 7.95. The molecule has 1 aromatic carbocycles. The van der Waals surface area contributed by atoms with E-state index < -0.39 is 0 Å². The summed E-state index contributed by atoms with van der Waals surface area (Å²) in [6.07, 6.45) is 9.20. The zero-order chi connectivity index (χ0) is 13.5. The summed E-state index contributed by atoms with van der Waals surface area (Å²) in [6, 6.07) is 7.24. The molecule has 2 N–H and O–H groups in total. The van der Waals surface area contributed by atoms with Crippen molar-refractivity contribution in [3.63, 3.8) is 0 Å². The molecular formula is C18H27N. The molecule has 1 heteroatoms. The van der Waals surface area contributed by atoms with Gasteiger partial charge in [-0.2, -0.15) is 0 Å². The van der Waals surface area contributed by atoms with Gasteiger partial charge in [-0.25, -0.2) is 0 Å². The van der Waals surface area contributed by atoms with Crippen LogP contribution in [0, 0.1) is 11.3 Å². The largest absolute Gasteiger partial charge is 0.324 e. The Labute approximate surface area is 117 Å². The van der Waals surface area contributed by atoms with Gasteiger partial charge in [-0.15, -0.1) is 0 Å². The van der Waals surface area contributed by atoms with Crippen molar-refractivity contribution in [2.75, 3.05) is 0 Å². The van der Waals surface area contributed by atoms with Crippen LogP contribution >= 0.6 is 0 Å². The molecule has 0 aliphatic heterocycles. The molecular weight excluding hydrogens is 230 g/mol. The van der Waals surface area contributed by atoms with Crippen molar-refractivity contribution in [3.05, 3.63) is 34.9 Å². The lowest BCUT2D eigenvalue weighted by Crippen LogP contribution is -2.36. The highest BCUT2D eigenvalue weighted by molar-refractivity contribution is 5.36. The van der Waals surface area contributed by atoms with Gasteiger partial charge in [0.15, 0.2) is 0 Å². The minimum absolute atomic E-state index is 0.223. The Kier molecular flexibility index (Phi) is 3.42. The van der Waals surface area contributed by atoms with E-state index in [0.29, 0.717) is 11.3 Å². The predicted molar refractivity (Wildman–Crippen MR) is 81.1 cm³/mol. The van der Waals surface area contributed by atoms with Crippen LogP contribution in [-0.4, -0.2) is 0 Å². The lowest BCUT2D eigenvalue weighted by atomic mass is 9.65. The summed E-state index contributed by atoms with van der Waals surface area (Å²) in [4.78, 5) is 0. The number of aryl methyl sites for hydroxylation is 2. The van der Waals surface area contributed by atoms with Gasteiger partial charge in [0.2, 0.25) is 0 Å². The van der Waals surface area contributed by atoms with Crippen LogP contribution in [0.25, 0.3) is 0 Å². The van der Waals surface area contributed by atoms with Crippen LogP contribution in [-0.2, 0) is 12.8 Å². The highest BCUT2D eigenvalue weighted by atomic mass is 14.7. The van der Waals surface area contributed by atoms with E-state index in [1.807, 2.05) is 0 Å². The Morgan fingerprint density at radius 3 is 2.68 bits per heavy atom. The van der Waals surface area contributed by atoms with Crippen LogP contribution in [0.1, 0.15) is 68.7 Å². The fourth-order valence-corrected chi connectivity index (χ4v) is 4.22. The number of benzene rings is 1. The topological polar surface area (TPSA) is 26.0 Å². The molecule has 0 bridgehead atoms. The van der Waals surface area contributed by atoms with Crippen LogP contribution in [0.2, 0.25) is 0 Å². The van der Waals surface area contributed by atoms with Gasteiger partial charge >= 0.3 is 0 Å². The third-order valence-electron chi connectivity index (χ3n) is 5.53. The fraction of sp³-hybridized carbons (Fsp3) is 0.667. The van der Waals surface area contributed by atoms with Crippen LogP contribution in [0.3, 0.4) is 0 Å². The quantitative estimate of drug-likeness (QED) is 0.835. The van der Waals surface area contributed by atoms with Crippen molar-refractivity contribution in [1.82, 2.24) is 0 Å². The average molecular weight is 257 g/mol. The third kappa shape index (κ3) is 2.45. The van der Waals surface area contributed by atoms with E-state index >= 15 is 0 Å². The number of nitrogens with two attached hydrogens (primary N) is 1. The Bertz CT molecular complexity index is 461. The molecule has 1 fully saturated rings. The second-order valence-corrected chi connectivity index (χ2v) is 7.25. The van der Waals surface area contributed by atoms with E-state index in [4.69, 9.17) is 5.73 Å². The van der Waals surface area contributed by atoms with E-state index in [2.05, 4.69) is 32.0 Å². The molecule has 1 aromatic rings. The molecule has 0 heterocycles. The van der Waals surface area contributed by atoms with Crippen molar-refractivity contribution in [1.29, 1.82) is 0 Å². The zero-order valence-electron chi connectivity index (χ0n) is 12.4. The fourth-order valence-electron chi connectivity index (χ4n) is 4.22. The summed E-state index contributed by atoms with van der Waals surface area (Å²) >= 11 is 0. The van der Waals surface area contributed by atoms with Gasteiger partial charge in [0.25, 0.3) is 0 Å². The Hall–Kier alpha value is -0.820. The van der Waals surface area contributed by atoms with Gasteiger partial charge in [0, 0.05) is 6.04 Å². The van der Waals surface area contributed by atoms with Gasteiger partial charge in [-0.05, 0) is 60.1 Å². The predicted octanol–water partition coefficient (Wildman–Crippen LogP) is 4.39. The molecule has 0 amide bonds. The molecule has 2 aliphatic carbocycles. The maximum atomic E-state index is 6.64. The number of rotatable bonds is 2. The minimum Gasteiger partial charge on any atom is -0.324 e. The van der Waals surface area contributed by atoms with E-state index in [1.54, 1.807) is 11.1 Å². The highest BCUT2D eigenvalue weighted by Crippen LogP contribution is 2.46. The number of hydrogen-bond donors (Lipinski definition) is 1. The van der Waals surface area contributed by atoms with Gasteiger partial charge in [-0.3, -0.25) is 0 Å². The van der Waals surface area contributed by atoms with E-state index in [-0.39, 0.29) is 6.04 Å². The Balaban J connectivity index is 1.85. The average Bonchev–Trinajstić information content (AvgIpc) is 2.84. The molecule has 0 saturated heterocycles. The minimum atomic E-state index is 0.223. The summed E-state index contributed by atoms with van der Waals surface area (Å²) < 4.78 is 0. The molecule has 3 rings (SSSR count). The molecule has 0 aromatic heterocycles. The van der Waals surface area contributed by atoms with Crippen LogP contribution in [0.15, 0.2) is 18.2 Å². The number of hydrogen-bond acceptors (Lipinski definition) is 1. The smallest absolute Gasteiger partial charge is 0.0328 e. The van der Waals surface area contributed by atoms with Crippen molar-refractivity contribution in [2.24, 2.45) is 17.1 Å². The van der Waals surface area contributed by atoms with E-state index in [9.17, 15) is 0 Å². The first-order valence-electron chi connectivity index (χ1n) is 7.95. The molecule has 2 aliphatic rings. The zero-order valence-corrected chi connectivity index (χ0v) is 12.4. The van der Waals surface area contributed by atoms with Crippen molar-refractivity contribution >= 4 is 0 Å². The van der Waals surface area contributed by atoms with Crippen molar-refractivity contribution in [3.8, 4) is 0 Å². The second-order valence-electron chi connectivity index (χ2n) is 7.25. The van der Waals surface area contributed by atoms with Crippen LogP contribution < -0.4 is 5.73 Å². The summed E-state index contributed by atoms with van der Waals surface area (Å²) in [5, 5.41) is 0. The monoisotopic (exact) mass is 257 g/mol. The maximum absolute atomic E-state index is 6.64. The third-order valence-corrected chi connectivity index (χ3v) is 5.53. The molecule has 0 spiro atoms. The molecule has 1 nitrogen and oxygen atoms in total. The van der Waals surface area contributed by atoms with E-state index in [1.165, 1.54) is 50.5 Å². The standard InChI is InChI=1S/C18H27N/c1-18(2)11-4-3-8-16(18)17(19)15-10-9-13-6-5-7-14(13)12-15/h9-10,12,16-17H,3-8,11,19H2,1-2H3. The van der Waals surface area contributed by atoms with Gasteiger partial charge < -0.3 is 5.73 Å². The van der Waals surface area contributed by atoms with Gasteiger partial charge in [0.05, 0.1) is 0 Å². The Morgan fingerprint density at radius 2 is 1.89 bits per heavy atom. The highest BCUT2D eigenvalue weighted by Gasteiger charge is 2.36. The van der Waals surface area contributed by atoms with Crippen LogP contribution in [0.4, 0.5) is 0 Å². The lowest BCUT2D eigenvalue weighted by molar-refractivity contribution is 0.112. The molecule has 0 radical (unpaired) electrons. The molecule has 2 atom stereocenters. The number of fused-ring (bicyclic) bond motifs is 1. The second kappa shape index (κ2) is 4.94. The molecule has 104 valence electrons. The molecule has 2 unspecified atom stereocenters.